The average molecular weight is 545 g/mol. The Balaban J connectivity index is 1.02. The number of hydrogen-bond donors (Lipinski definition) is 3. The van der Waals surface area contributed by atoms with Crippen LogP contribution in [0.1, 0.15) is 36.8 Å². The van der Waals surface area contributed by atoms with Crippen LogP contribution in [0.25, 0.3) is 0 Å². The Morgan fingerprint density at radius 3 is 2.42 bits per heavy atom. The number of amides is 1. The number of carbonyl (C=O) groups excluding carboxylic acids is 2. The molecule has 5 rings (SSSR count). The van der Waals surface area contributed by atoms with Crippen molar-refractivity contribution in [2.45, 2.75) is 50.9 Å². The number of Topliss-reactive ketones (excluding diaryl/α,β-unsaturated/α-hetero) is 1. The minimum atomic E-state index is -1.81. The number of ether oxygens (including phenoxy) is 2. The van der Waals surface area contributed by atoms with E-state index in [2.05, 4.69) is 22.3 Å². The average Bonchev–Trinajstić information content (AvgIpc) is 3.47. The molecule has 40 heavy (non-hydrogen) atoms. The number of para-hydroxylation sites is 1. The number of anilines is 1. The maximum atomic E-state index is 12.5. The highest BCUT2D eigenvalue weighted by Gasteiger charge is 2.30. The lowest BCUT2D eigenvalue weighted by Gasteiger charge is -2.33. The number of aliphatic hydroxyl groups excluding tert-OH is 2. The van der Waals surface area contributed by atoms with Crippen LogP contribution in [0.4, 0.5) is 5.69 Å². The molecule has 0 unspecified atom stereocenters. The van der Waals surface area contributed by atoms with Gasteiger partial charge in [-0.25, -0.2) is 0 Å². The van der Waals surface area contributed by atoms with E-state index in [9.17, 15) is 19.8 Å². The number of benzene rings is 3. The van der Waals surface area contributed by atoms with E-state index in [1.807, 2.05) is 48.5 Å². The highest BCUT2D eigenvalue weighted by Crippen LogP contribution is 2.31. The van der Waals surface area contributed by atoms with E-state index in [1.165, 1.54) is 5.69 Å². The number of carbonyl (C=O) groups is 2. The van der Waals surface area contributed by atoms with Crippen molar-refractivity contribution in [1.82, 2.24) is 5.32 Å². The molecule has 1 amide bonds. The lowest BCUT2D eigenvalue weighted by Crippen LogP contribution is -2.45. The van der Waals surface area contributed by atoms with Crippen LogP contribution in [-0.4, -0.2) is 53.8 Å². The molecule has 3 aromatic rings. The Kier molecular flexibility index (Phi) is 8.98. The summed E-state index contributed by atoms with van der Waals surface area (Å²) in [6.07, 6.45) is 0.0321. The first kappa shape index (κ1) is 27.7. The van der Waals surface area contributed by atoms with Crippen molar-refractivity contribution in [3.8, 4) is 17.2 Å². The predicted molar refractivity (Wildman–Crippen MR) is 152 cm³/mol. The highest BCUT2D eigenvalue weighted by molar-refractivity contribution is 5.91. The summed E-state index contributed by atoms with van der Waals surface area (Å²) in [5.74, 6) is 1.37. The largest absolute Gasteiger partial charge is 0.493 e. The predicted octanol–water partition coefficient (Wildman–Crippen LogP) is 4.02. The molecule has 0 aliphatic carbocycles. The fourth-order valence-electron chi connectivity index (χ4n) is 5.26. The van der Waals surface area contributed by atoms with E-state index < -0.39 is 23.9 Å². The maximum Gasteiger partial charge on any atom is 0.252 e. The number of nitrogens with one attached hydrogen (secondary N) is 1. The first-order valence-electron chi connectivity index (χ1n) is 14.0. The number of fused-ring (bicyclic) bond motifs is 1. The third kappa shape index (κ3) is 7.00. The van der Waals surface area contributed by atoms with Crippen molar-refractivity contribution in [2.75, 3.05) is 24.6 Å². The second kappa shape index (κ2) is 13.0. The van der Waals surface area contributed by atoms with Crippen LogP contribution in [0.15, 0.2) is 72.8 Å². The molecular weight excluding hydrogens is 508 g/mol. The summed E-state index contributed by atoms with van der Waals surface area (Å²) in [6.45, 7) is 2.68. The van der Waals surface area contributed by atoms with Crippen LogP contribution in [0.5, 0.6) is 17.2 Å². The van der Waals surface area contributed by atoms with Gasteiger partial charge < -0.3 is 29.9 Å². The number of rotatable bonds is 11. The van der Waals surface area contributed by atoms with Gasteiger partial charge >= 0.3 is 0 Å². The minimum Gasteiger partial charge on any atom is -0.493 e. The molecular formula is C32H36N2O6. The molecule has 0 bridgehead atoms. The zero-order valence-corrected chi connectivity index (χ0v) is 22.5. The number of aliphatic hydroxyl groups is 2. The Hall–Kier alpha value is -3.88. The van der Waals surface area contributed by atoms with E-state index >= 15 is 0 Å². The summed E-state index contributed by atoms with van der Waals surface area (Å²) in [5, 5.41) is 23.2. The molecule has 2 atom stereocenters. The van der Waals surface area contributed by atoms with E-state index in [4.69, 9.17) is 9.47 Å². The molecule has 2 aliphatic heterocycles. The fraction of sp³-hybridized carbons (Fsp3) is 0.375. The van der Waals surface area contributed by atoms with Crippen LogP contribution in [0.3, 0.4) is 0 Å². The third-order valence-corrected chi connectivity index (χ3v) is 7.72. The molecule has 0 radical (unpaired) electrons. The third-order valence-electron chi connectivity index (χ3n) is 7.72. The van der Waals surface area contributed by atoms with Crippen LogP contribution < -0.4 is 19.7 Å². The summed E-state index contributed by atoms with van der Waals surface area (Å²) < 4.78 is 11.4. The summed E-state index contributed by atoms with van der Waals surface area (Å²) in [6, 6.07) is 23.2. The SMILES string of the molecule is O=C(CCC1CCN(c2ccccc2)CC1)[C@H](O)[C@@H](O)C(=O)NCc1ccc(Oc2ccc3c(c2)CCO3)cc1. The van der Waals surface area contributed by atoms with Crippen LogP contribution >= 0.6 is 0 Å². The lowest BCUT2D eigenvalue weighted by atomic mass is 9.90. The standard InChI is InChI=1S/C32H36N2O6/c35-28(12-8-22-14-17-34(18-15-22)25-4-2-1-3-5-25)30(36)31(37)32(38)33-21-23-6-9-26(10-7-23)40-27-11-13-29-24(20-27)16-19-39-29/h1-7,9-11,13,20,22,30-31,36-37H,8,12,14-19,21H2,(H,33,38)/t30-,31+/m0/s1. The second-order valence-corrected chi connectivity index (χ2v) is 10.5. The molecule has 0 saturated carbocycles. The molecule has 0 aromatic heterocycles. The van der Waals surface area contributed by atoms with Gasteiger partial charge in [-0.1, -0.05) is 30.3 Å². The van der Waals surface area contributed by atoms with Crippen LogP contribution in [-0.2, 0) is 22.6 Å². The quantitative estimate of drug-likeness (QED) is 0.335. The van der Waals surface area contributed by atoms with Gasteiger partial charge in [0.05, 0.1) is 6.61 Å². The van der Waals surface area contributed by atoms with Crippen molar-refractivity contribution in [3.05, 3.63) is 83.9 Å². The van der Waals surface area contributed by atoms with E-state index in [0.717, 1.165) is 55.0 Å². The molecule has 1 saturated heterocycles. The fourth-order valence-corrected chi connectivity index (χ4v) is 5.26. The lowest BCUT2D eigenvalue weighted by molar-refractivity contribution is -0.145. The van der Waals surface area contributed by atoms with Crippen molar-refractivity contribution in [1.29, 1.82) is 0 Å². The highest BCUT2D eigenvalue weighted by atomic mass is 16.5. The normalized spacial score (nSPS) is 16.5. The summed E-state index contributed by atoms with van der Waals surface area (Å²) in [5.41, 5.74) is 3.12. The van der Waals surface area contributed by atoms with Crippen LogP contribution in [0, 0.1) is 5.92 Å². The van der Waals surface area contributed by atoms with Crippen LogP contribution in [0.2, 0.25) is 0 Å². The van der Waals surface area contributed by atoms with Crippen molar-refractivity contribution in [2.24, 2.45) is 5.92 Å². The Morgan fingerprint density at radius 2 is 1.68 bits per heavy atom. The van der Waals surface area contributed by atoms with E-state index in [0.29, 0.717) is 24.7 Å². The van der Waals surface area contributed by atoms with Gasteiger partial charge in [-0.05, 0) is 73.2 Å². The molecule has 3 aromatic carbocycles. The van der Waals surface area contributed by atoms with Gasteiger partial charge in [-0.3, -0.25) is 9.59 Å². The Bertz CT molecular complexity index is 1290. The smallest absolute Gasteiger partial charge is 0.252 e. The Labute approximate surface area is 234 Å². The zero-order chi connectivity index (χ0) is 27.9. The maximum absolute atomic E-state index is 12.5. The molecule has 0 spiro atoms. The first-order valence-corrected chi connectivity index (χ1v) is 14.0. The van der Waals surface area contributed by atoms with Gasteiger partial charge in [0.2, 0.25) is 0 Å². The molecule has 2 aliphatic rings. The van der Waals surface area contributed by atoms with Gasteiger partial charge in [-0.15, -0.1) is 0 Å². The first-order chi connectivity index (χ1) is 19.5. The molecule has 8 nitrogen and oxygen atoms in total. The van der Waals surface area contributed by atoms with Crippen molar-refractivity contribution >= 4 is 17.4 Å². The van der Waals surface area contributed by atoms with Gasteiger partial charge in [0, 0.05) is 43.7 Å². The van der Waals surface area contributed by atoms with E-state index in [-0.39, 0.29) is 13.0 Å². The molecule has 2 heterocycles. The molecule has 8 heteroatoms. The second-order valence-electron chi connectivity index (χ2n) is 10.5. The molecule has 210 valence electrons. The topological polar surface area (TPSA) is 108 Å². The number of ketones is 1. The van der Waals surface area contributed by atoms with Gasteiger partial charge in [-0.2, -0.15) is 0 Å². The molecule has 1 fully saturated rings. The van der Waals surface area contributed by atoms with Gasteiger partial charge in [0.1, 0.15) is 23.4 Å². The van der Waals surface area contributed by atoms with Gasteiger partial charge in [0.15, 0.2) is 11.9 Å². The van der Waals surface area contributed by atoms with Crippen molar-refractivity contribution in [3.63, 3.8) is 0 Å². The summed E-state index contributed by atoms with van der Waals surface area (Å²) in [7, 11) is 0. The summed E-state index contributed by atoms with van der Waals surface area (Å²) >= 11 is 0. The number of piperidine rings is 1. The van der Waals surface area contributed by atoms with Crippen molar-refractivity contribution < 1.29 is 29.3 Å². The zero-order valence-electron chi connectivity index (χ0n) is 22.5. The number of hydrogen-bond acceptors (Lipinski definition) is 7. The molecule has 3 N–H and O–H groups in total. The Morgan fingerprint density at radius 1 is 0.950 bits per heavy atom. The van der Waals surface area contributed by atoms with Gasteiger partial charge in [0.25, 0.3) is 5.91 Å². The monoisotopic (exact) mass is 544 g/mol. The number of nitrogens with zero attached hydrogens (tertiary/aromatic N) is 1. The van der Waals surface area contributed by atoms with E-state index in [1.54, 1.807) is 12.1 Å². The minimum absolute atomic E-state index is 0.139. The summed E-state index contributed by atoms with van der Waals surface area (Å²) in [4.78, 5) is 27.3.